The van der Waals surface area contributed by atoms with E-state index in [1.165, 1.54) is 22.3 Å². The summed E-state index contributed by atoms with van der Waals surface area (Å²) in [6.07, 6.45) is 3.36. The lowest BCUT2D eigenvalue weighted by Crippen LogP contribution is -2.15. The number of benzene rings is 1. The van der Waals surface area contributed by atoms with Crippen LogP contribution in [0.15, 0.2) is 35.4 Å². The van der Waals surface area contributed by atoms with E-state index in [4.69, 9.17) is 4.74 Å². The van der Waals surface area contributed by atoms with Crippen molar-refractivity contribution in [1.29, 1.82) is 0 Å². The number of ether oxygens (including phenoxy) is 1. The Balaban J connectivity index is 1.49. The molecule has 0 fully saturated rings. The molecule has 3 heterocycles. The maximum Gasteiger partial charge on any atom is 0.338 e. The SMILES string of the molecule is CC[C@@H](C)Cc1c(C)sc2nc(COC(=O)c3ccc(-n4cnnn4)cc3)[nH]c(=O)c12. The highest BCUT2D eigenvalue weighted by molar-refractivity contribution is 7.18. The van der Waals surface area contributed by atoms with E-state index in [2.05, 4.69) is 39.3 Å². The number of carbonyl (C=O) groups is 1. The van der Waals surface area contributed by atoms with Gasteiger partial charge in [0, 0.05) is 4.88 Å². The number of nitrogens with one attached hydrogen (secondary N) is 1. The van der Waals surface area contributed by atoms with Gasteiger partial charge in [0.05, 0.1) is 16.6 Å². The van der Waals surface area contributed by atoms with Crippen LogP contribution in [0.4, 0.5) is 0 Å². The van der Waals surface area contributed by atoms with Crippen LogP contribution < -0.4 is 5.56 Å². The fourth-order valence-electron chi connectivity index (χ4n) is 3.27. The van der Waals surface area contributed by atoms with Gasteiger partial charge in [-0.2, -0.15) is 0 Å². The molecule has 3 aromatic heterocycles. The van der Waals surface area contributed by atoms with Crippen molar-refractivity contribution in [2.45, 2.75) is 40.2 Å². The third-order valence-corrected chi connectivity index (χ3v) is 6.26. The summed E-state index contributed by atoms with van der Waals surface area (Å²) in [5, 5.41) is 11.6. The number of hydrogen-bond donors (Lipinski definition) is 1. The maximum absolute atomic E-state index is 12.7. The molecule has 0 aliphatic heterocycles. The first-order valence-corrected chi connectivity index (χ1v) is 10.8. The number of nitrogens with zero attached hydrogens (tertiary/aromatic N) is 5. The molecule has 1 aromatic carbocycles. The van der Waals surface area contributed by atoms with Crippen LogP contribution in [0.2, 0.25) is 0 Å². The van der Waals surface area contributed by atoms with E-state index >= 15 is 0 Å². The molecule has 1 atom stereocenters. The normalized spacial score (nSPS) is 12.2. The number of hydrogen-bond acceptors (Lipinski definition) is 8. The molecule has 0 radical (unpaired) electrons. The predicted molar refractivity (Wildman–Crippen MR) is 116 cm³/mol. The molecule has 0 unspecified atom stereocenters. The Morgan fingerprint density at radius 1 is 1.29 bits per heavy atom. The molecule has 0 saturated carbocycles. The van der Waals surface area contributed by atoms with Gasteiger partial charge >= 0.3 is 5.97 Å². The van der Waals surface area contributed by atoms with Gasteiger partial charge in [-0.25, -0.2) is 14.5 Å². The third-order valence-electron chi connectivity index (χ3n) is 5.22. The van der Waals surface area contributed by atoms with Crippen LogP contribution in [0, 0.1) is 12.8 Å². The topological polar surface area (TPSA) is 116 Å². The molecular formula is C21H22N6O3S. The van der Waals surface area contributed by atoms with Gasteiger partial charge in [-0.15, -0.1) is 16.4 Å². The number of aryl methyl sites for hydroxylation is 1. The number of aromatic nitrogens is 6. The summed E-state index contributed by atoms with van der Waals surface area (Å²) >= 11 is 1.50. The fourth-order valence-corrected chi connectivity index (χ4v) is 4.35. The fraction of sp³-hybridized carbons (Fsp3) is 0.333. The van der Waals surface area contributed by atoms with Gasteiger partial charge in [-0.05, 0) is 59.5 Å². The second-order valence-corrected chi connectivity index (χ2v) is 8.63. The number of carbonyl (C=O) groups excluding carboxylic acids is 1. The second-order valence-electron chi connectivity index (χ2n) is 7.42. The quantitative estimate of drug-likeness (QED) is 0.440. The molecule has 0 amide bonds. The van der Waals surface area contributed by atoms with E-state index in [1.54, 1.807) is 24.3 Å². The standard InChI is InChI=1S/C21H22N6O3S/c1-4-12(2)9-16-13(3)31-20-18(16)19(28)23-17(24-20)10-30-21(29)14-5-7-15(8-6-14)27-11-22-25-26-27/h5-8,11-12H,4,9-10H2,1-3H3,(H,23,24,28)/t12-/m1/s1. The molecule has 4 aromatic rings. The van der Waals surface area contributed by atoms with Crippen molar-refractivity contribution >= 4 is 27.5 Å². The Bertz CT molecular complexity index is 1260. The van der Waals surface area contributed by atoms with E-state index in [1.807, 2.05) is 6.92 Å². The lowest BCUT2D eigenvalue weighted by atomic mass is 9.98. The molecular weight excluding hydrogens is 416 g/mol. The number of aromatic amines is 1. The number of tetrazole rings is 1. The highest BCUT2D eigenvalue weighted by atomic mass is 32.1. The molecule has 0 saturated heterocycles. The monoisotopic (exact) mass is 438 g/mol. The average molecular weight is 439 g/mol. The zero-order valence-corrected chi connectivity index (χ0v) is 18.3. The van der Waals surface area contributed by atoms with Crippen molar-refractivity contribution < 1.29 is 9.53 Å². The van der Waals surface area contributed by atoms with E-state index in [0.717, 1.165) is 29.0 Å². The molecule has 10 heteroatoms. The van der Waals surface area contributed by atoms with Crippen LogP contribution in [0.3, 0.4) is 0 Å². The molecule has 4 rings (SSSR count). The first-order chi connectivity index (χ1) is 15.0. The summed E-state index contributed by atoms with van der Waals surface area (Å²) in [7, 11) is 0. The van der Waals surface area contributed by atoms with Crippen molar-refractivity contribution in [3.05, 3.63) is 62.8 Å². The Morgan fingerprint density at radius 3 is 2.74 bits per heavy atom. The zero-order valence-electron chi connectivity index (χ0n) is 17.5. The van der Waals surface area contributed by atoms with E-state index in [0.29, 0.717) is 27.5 Å². The molecule has 31 heavy (non-hydrogen) atoms. The molecule has 1 N–H and O–H groups in total. The first-order valence-electron chi connectivity index (χ1n) is 9.98. The smallest absolute Gasteiger partial charge is 0.338 e. The van der Waals surface area contributed by atoms with Gasteiger partial charge in [0.15, 0.2) is 0 Å². The zero-order chi connectivity index (χ0) is 22.0. The Labute approximate surface area is 182 Å². The van der Waals surface area contributed by atoms with E-state index < -0.39 is 5.97 Å². The van der Waals surface area contributed by atoms with E-state index in [9.17, 15) is 9.59 Å². The van der Waals surface area contributed by atoms with Crippen LogP contribution in [-0.2, 0) is 17.8 Å². The molecule has 9 nitrogen and oxygen atoms in total. The summed E-state index contributed by atoms with van der Waals surface area (Å²) < 4.78 is 6.84. The predicted octanol–water partition coefficient (Wildman–Crippen LogP) is 3.21. The number of thiophene rings is 1. The Hall–Kier alpha value is -3.40. The van der Waals surface area contributed by atoms with Crippen LogP contribution >= 0.6 is 11.3 Å². The van der Waals surface area contributed by atoms with Crippen molar-refractivity contribution in [1.82, 2.24) is 30.2 Å². The molecule has 0 aliphatic rings. The highest BCUT2D eigenvalue weighted by Gasteiger charge is 2.17. The lowest BCUT2D eigenvalue weighted by molar-refractivity contribution is 0.0462. The summed E-state index contributed by atoms with van der Waals surface area (Å²) in [6, 6.07) is 6.68. The van der Waals surface area contributed by atoms with Gasteiger partial charge in [0.1, 0.15) is 23.6 Å². The summed E-state index contributed by atoms with van der Waals surface area (Å²) in [6.45, 7) is 6.22. The van der Waals surface area contributed by atoms with Gasteiger partial charge in [-0.1, -0.05) is 20.3 Å². The van der Waals surface area contributed by atoms with Crippen molar-refractivity contribution in [2.75, 3.05) is 0 Å². The largest absolute Gasteiger partial charge is 0.454 e. The highest BCUT2D eigenvalue weighted by Crippen LogP contribution is 2.29. The second kappa shape index (κ2) is 8.76. The Morgan fingerprint density at radius 2 is 2.06 bits per heavy atom. The van der Waals surface area contributed by atoms with Crippen molar-refractivity contribution in [3.63, 3.8) is 0 Å². The molecule has 160 valence electrons. The summed E-state index contributed by atoms with van der Waals surface area (Å²) in [4.78, 5) is 34.2. The van der Waals surface area contributed by atoms with Crippen LogP contribution in [0.1, 0.15) is 46.9 Å². The van der Waals surface area contributed by atoms with Crippen molar-refractivity contribution in [2.24, 2.45) is 5.92 Å². The van der Waals surface area contributed by atoms with Gasteiger partial charge < -0.3 is 9.72 Å². The van der Waals surface area contributed by atoms with Gasteiger partial charge in [0.25, 0.3) is 5.56 Å². The molecule has 0 spiro atoms. The minimum absolute atomic E-state index is 0.115. The summed E-state index contributed by atoms with van der Waals surface area (Å²) in [5.41, 5.74) is 1.97. The molecule has 0 aliphatic carbocycles. The third kappa shape index (κ3) is 4.38. The minimum Gasteiger partial charge on any atom is -0.454 e. The number of rotatable bonds is 7. The summed E-state index contributed by atoms with van der Waals surface area (Å²) in [5.74, 6) is 0.307. The van der Waals surface area contributed by atoms with Gasteiger partial charge in [0.2, 0.25) is 0 Å². The van der Waals surface area contributed by atoms with E-state index in [-0.39, 0.29) is 12.2 Å². The van der Waals surface area contributed by atoms with Crippen LogP contribution in [0.25, 0.3) is 15.9 Å². The van der Waals surface area contributed by atoms with Gasteiger partial charge in [-0.3, -0.25) is 4.79 Å². The number of H-pyrrole nitrogens is 1. The first kappa shape index (κ1) is 20.9. The Kier molecular flexibility index (Phi) is 5.90. The molecule has 0 bridgehead atoms. The minimum atomic E-state index is -0.508. The number of fused-ring (bicyclic) bond motifs is 1. The average Bonchev–Trinajstić information content (AvgIpc) is 3.41. The number of esters is 1. The van der Waals surface area contributed by atoms with Crippen LogP contribution in [-0.4, -0.2) is 36.1 Å². The maximum atomic E-state index is 12.7. The lowest BCUT2D eigenvalue weighted by Gasteiger charge is -2.08. The van der Waals surface area contributed by atoms with Crippen molar-refractivity contribution in [3.8, 4) is 5.69 Å². The van der Waals surface area contributed by atoms with Crippen LogP contribution in [0.5, 0.6) is 0 Å².